The lowest BCUT2D eigenvalue weighted by atomic mass is 10.0. The minimum Gasteiger partial charge on any atom is -0.368 e. The third kappa shape index (κ3) is 4.35. The maximum absolute atomic E-state index is 14.1. The first-order chi connectivity index (χ1) is 8.97. The summed E-state index contributed by atoms with van der Waals surface area (Å²) in [4.78, 5) is 1.93. The summed E-state index contributed by atoms with van der Waals surface area (Å²) in [6.07, 6.45) is 1.07. The van der Waals surface area contributed by atoms with Gasteiger partial charge in [-0.25, -0.2) is 4.39 Å². The molecular formula is C16H25FN2. The molecule has 0 aliphatic heterocycles. The highest BCUT2D eigenvalue weighted by Gasteiger charge is 2.17. The van der Waals surface area contributed by atoms with E-state index in [9.17, 15) is 4.39 Å². The van der Waals surface area contributed by atoms with E-state index in [1.165, 1.54) is 6.07 Å². The number of nitrogens with one attached hydrogen (secondary N) is 1. The van der Waals surface area contributed by atoms with Crippen molar-refractivity contribution in [1.82, 2.24) is 5.32 Å². The Kier molecular flexibility index (Phi) is 6.03. The largest absolute Gasteiger partial charge is 0.368 e. The number of halogens is 1. The fourth-order valence-corrected chi connectivity index (χ4v) is 2.24. The number of para-hydroxylation sites is 1. The Balaban J connectivity index is 3.03. The van der Waals surface area contributed by atoms with Gasteiger partial charge in [0.1, 0.15) is 5.82 Å². The van der Waals surface area contributed by atoms with Gasteiger partial charge >= 0.3 is 0 Å². The van der Waals surface area contributed by atoms with Crippen molar-refractivity contribution in [2.24, 2.45) is 0 Å². The standard InChI is InChI=1S/C16H25FN2/c1-6-10-18-13(4)14-8-7-9-15(17)16(14)19(5)11-12(2)3/h7-9,13,18H,2,6,10-11H2,1,3-5H3. The van der Waals surface area contributed by atoms with Crippen LogP contribution in [0, 0.1) is 5.82 Å². The van der Waals surface area contributed by atoms with E-state index < -0.39 is 0 Å². The van der Waals surface area contributed by atoms with Crippen molar-refractivity contribution < 1.29 is 4.39 Å². The summed E-state index contributed by atoms with van der Waals surface area (Å²) in [6, 6.07) is 5.41. The SMILES string of the molecule is C=C(C)CN(C)c1c(F)cccc1C(C)NCCC. The summed E-state index contributed by atoms with van der Waals surface area (Å²) in [6.45, 7) is 11.6. The molecular weight excluding hydrogens is 239 g/mol. The minimum atomic E-state index is -0.175. The topological polar surface area (TPSA) is 15.3 Å². The van der Waals surface area contributed by atoms with E-state index in [1.807, 2.05) is 24.9 Å². The van der Waals surface area contributed by atoms with Crippen LogP contribution in [0.1, 0.15) is 38.8 Å². The molecule has 2 nitrogen and oxygen atoms in total. The van der Waals surface area contributed by atoms with Gasteiger partial charge in [-0.15, -0.1) is 0 Å². The van der Waals surface area contributed by atoms with Crippen LogP contribution in [0.25, 0.3) is 0 Å². The van der Waals surface area contributed by atoms with Gasteiger partial charge in [0, 0.05) is 19.6 Å². The highest BCUT2D eigenvalue weighted by Crippen LogP contribution is 2.29. The summed E-state index contributed by atoms with van der Waals surface area (Å²) < 4.78 is 14.1. The molecule has 0 saturated carbocycles. The first-order valence-corrected chi connectivity index (χ1v) is 6.84. The maximum Gasteiger partial charge on any atom is 0.146 e. The molecule has 0 saturated heterocycles. The molecule has 106 valence electrons. The lowest BCUT2D eigenvalue weighted by Gasteiger charge is -2.26. The molecule has 1 unspecified atom stereocenters. The van der Waals surface area contributed by atoms with Crippen molar-refractivity contribution in [3.63, 3.8) is 0 Å². The van der Waals surface area contributed by atoms with Gasteiger partial charge < -0.3 is 10.2 Å². The lowest BCUT2D eigenvalue weighted by molar-refractivity contribution is 0.561. The zero-order valence-electron chi connectivity index (χ0n) is 12.5. The van der Waals surface area contributed by atoms with E-state index in [0.29, 0.717) is 12.2 Å². The molecule has 1 N–H and O–H groups in total. The molecule has 1 aromatic rings. The van der Waals surface area contributed by atoms with Gasteiger partial charge in [-0.3, -0.25) is 0 Å². The predicted molar refractivity (Wildman–Crippen MR) is 81.2 cm³/mol. The quantitative estimate of drug-likeness (QED) is 0.751. The maximum atomic E-state index is 14.1. The zero-order valence-corrected chi connectivity index (χ0v) is 12.5. The number of hydrogen-bond donors (Lipinski definition) is 1. The fourth-order valence-electron chi connectivity index (χ4n) is 2.24. The van der Waals surface area contributed by atoms with E-state index in [4.69, 9.17) is 0 Å². The van der Waals surface area contributed by atoms with Gasteiger partial charge in [0.05, 0.1) is 5.69 Å². The molecule has 0 aromatic heterocycles. The Morgan fingerprint density at radius 2 is 2.16 bits per heavy atom. The Morgan fingerprint density at radius 1 is 1.47 bits per heavy atom. The summed E-state index contributed by atoms with van der Waals surface area (Å²) in [5, 5.41) is 3.41. The van der Waals surface area contributed by atoms with Crippen LogP contribution in [-0.4, -0.2) is 20.1 Å². The molecule has 0 aliphatic carbocycles. The summed E-state index contributed by atoms with van der Waals surface area (Å²) >= 11 is 0. The van der Waals surface area contributed by atoms with Crippen molar-refractivity contribution in [1.29, 1.82) is 0 Å². The molecule has 0 heterocycles. The molecule has 1 rings (SSSR count). The molecule has 0 radical (unpaired) electrons. The molecule has 0 spiro atoms. The summed E-state index contributed by atoms with van der Waals surface area (Å²) in [5.74, 6) is -0.175. The van der Waals surface area contributed by atoms with E-state index in [0.717, 1.165) is 24.1 Å². The van der Waals surface area contributed by atoms with Gasteiger partial charge in [-0.1, -0.05) is 31.2 Å². The molecule has 3 heteroatoms. The van der Waals surface area contributed by atoms with Crippen molar-refractivity contribution in [2.75, 3.05) is 25.0 Å². The number of benzene rings is 1. The second-order valence-electron chi connectivity index (χ2n) is 5.17. The number of nitrogens with zero attached hydrogens (tertiary/aromatic N) is 1. The van der Waals surface area contributed by atoms with Crippen molar-refractivity contribution >= 4 is 5.69 Å². The summed E-state index contributed by atoms with van der Waals surface area (Å²) in [5.41, 5.74) is 2.68. The molecule has 1 aromatic carbocycles. The molecule has 0 aliphatic rings. The average molecular weight is 264 g/mol. The Hall–Kier alpha value is -1.35. The Morgan fingerprint density at radius 3 is 2.74 bits per heavy atom. The van der Waals surface area contributed by atoms with Crippen molar-refractivity contribution in [3.05, 3.63) is 41.7 Å². The van der Waals surface area contributed by atoms with Crippen LogP contribution in [0.5, 0.6) is 0 Å². The third-order valence-corrected chi connectivity index (χ3v) is 3.07. The molecule has 0 fully saturated rings. The highest BCUT2D eigenvalue weighted by molar-refractivity contribution is 5.56. The molecule has 0 bridgehead atoms. The van der Waals surface area contributed by atoms with Crippen LogP contribution in [0.2, 0.25) is 0 Å². The molecule has 1 atom stereocenters. The van der Waals surface area contributed by atoms with Crippen molar-refractivity contribution in [3.8, 4) is 0 Å². The van der Waals surface area contributed by atoms with Crippen LogP contribution in [-0.2, 0) is 0 Å². The third-order valence-electron chi connectivity index (χ3n) is 3.07. The van der Waals surface area contributed by atoms with Gasteiger partial charge in [-0.2, -0.15) is 0 Å². The average Bonchev–Trinajstić information content (AvgIpc) is 2.34. The van der Waals surface area contributed by atoms with Crippen LogP contribution in [0.4, 0.5) is 10.1 Å². The van der Waals surface area contributed by atoms with Gasteiger partial charge in [0.25, 0.3) is 0 Å². The number of likely N-dealkylation sites (N-methyl/N-ethyl adjacent to an activating group) is 1. The predicted octanol–water partition coefficient (Wildman–Crippen LogP) is 3.90. The van der Waals surface area contributed by atoms with Crippen LogP contribution in [0.3, 0.4) is 0 Å². The van der Waals surface area contributed by atoms with Gasteiger partial charge in [-0.05, 0) is 38.4 Å². The smallest absolute Gasteiger partial charge is 0.146 e. The lowest BCUT2D eigenvalue weighted by Crippen LogP contribution is -2.26. The highest BCUT2D eigenvalue weighted by atomic mass is 19.1. The zero-order chi connectivity index (χ0) is 14.4. The summed E-state index contributed by atoms with van der Waals surface area (Å²) in [7, 11) is 1.91. The monoisotopic (exact) mass is 264 g/mol. The van der Waals surface area contributed by atoms with Gasteiger partial charge in [0.2, 0.25) is 0 Å². The second-order valence-corrected chi connectivity index (χ2v) is 5.17. The van der Waals surface area contributed by atoms with Gasteiger partial charge in [0.15, 0.2) is 0 Å². The fraction of sp³-hybridized carbons (Fsp3) is 0.500. The molecule has 19 heavy (non-hydrogen) atoms. The van der Waals surface area contributed by atoms with E-state index in [1.54, 1.807) is 6.07 Å². The second kappa shape index (κ2) is 7.29. The molecule has 0 amide bonds. The van der Waals surface area contributed by atoms with E-state index >= 15 is 0 Å². The van der Waals surface area contributed by atoms with E-state index in [2.05, 4.69) is 25.7 Å². The van der Waals surface area contributed by atoms with Crippen LogP contribution >= 0.6 is 0 Å². The van der Waals surface area contributed by atoms with Crippen molar-refractivity contribution in [2.45, 2.75) is 33.2 Å². The number of anilines is 1. The number of hydrogen-bond acceptors (Lipinski definition) is 2. The Labute approximate surface area is 116 Å². The first kappa shape index (κ1) is 15.7. The Bertz CT molecular complexity index is 429. The van der Waals surface area contributed by atoms with Crippen LogP contribution in [0.15, 0.2) is 30.4 Å². The first-order valence-electron chi connectivity index (χ1n) is 6.84. The van der Waals surface area contributed by atoms with E-state index in [-0.39, 0.29) is 11.9 Å². The number of rotatable bonds is 7. The normalized spacial score (nSPS) is 12.3. The van der Waals surface area contributed by atoms with Crippen LogP contribution < -0.4 is 10.2 Å². The minimum absolute atomic E-state index is 0.137.